The number of hydrogen-bond donors (Lipinski definition) is 2. The molecule has 16 nitrogen and oxygen atoms in total. The first kappa shape index (κ1) is 49.6. The number of aromatic nitrogens is 6. The molecule has 2 aliphatic rings. The van der Waals surface area contributed by atoms with Crippen molar-refractivity contribution in [3.8, 4) is 0 Å². The highest BCUT2D eigenvalue weighted by Crippen LogP contribution is 2.30. The lowest BCUT2D eigenvalue weighted by Crippen LogP contribution is -2.41. The molecular weight excluding hydrogens is 879 g/mol. The first-order valence-corrected chi connectivity index (χ1v) is 20.7. The Balaban J connectivity index is 0.000000267. The van der Waals surface area contributed by atoms with Crippen LogP contribution in [-0.4, -0.2) is 88.9 Å². The van der Waals surface area contributed by atoms with Gasteiger partial charge in [-0.3, -0.25) is 9.59 Å². The second-order valence-electron chi connectivity index (χ2n) is 16.2. The van der Waals surface area contributed by atoms with Gasteiger partial charge in [0.25, 0.3) is 11.1 Å². The van der Waals surface area contributed by atoms with E-state index in [1.54, 1.807) is 23.9 Å². The van der Waals surface area contributed by atoms with E-state index in [0.29, 0.717) is 51.9 Å². The molecule has 0 aliphatic carbocycles. The second-order valence-corrected chi connectivity index (χ2v) is 17.8. The molecule has 4 aromatic rings. The summed E-state index contributed by atoms with van der Waals surface area (Å²) in [5.74, 6) is 1.87. The monoisotopic (exact) mass is 934 g/mol. The molecule has 2 fully saturated rings. The number of ether oxygens (including phenoxy) is 2. The summed E-state index contributed by atoms with van der Waals surface area (Å²) in [4.78, 5) is 59.3. The molecule has 60 heavy (non-hydrogen) atoms. The van der Waals surface area contributed by atoms with Gasteiger partial charge in [0.2, 0.25) is 0 Å². The largest absolute Gasteiger partial charge is 0.444 e. The average Bonchev–Trinajstić information content (AvgIpc) is 3.16. The lowest BCUT2D eigenvalue weighted by molar-refractivity contribution is 0.0194. The SMILES string of the molecule is C.CC(C)(C)OC(=O)N1CCC(c2ccc(N)nc2)CC1.Cn1nc(Cl)cc(Br)c1=O.Cn1nc(Cl)cc(Nc2ccc(C3CCN(C(=O)OC(C)(C)C)CC3)cn2)c1=O. The number of nitrogens with zero attached hydrogens (tertiary/aromatic N) is 8. The van der Waals surface area contributed by atoms with Gasteiger partial charge in [0.15, 0.2) is 10.3 Å². The maximum absolute atomic E-state index is 12.2. The fraction of sp³-hybridized carbons (Fsp3) is 0.512. The third-order valence-corrected chi connectivity index (χ3v) is 10.1. The molecule has 328 valence electrons. The van der Waals surface area contributed by atoms with Gasteiger partial charge in [0, 0.05) is 58.7 Å². The van der Waals surface area contributed by atoms with Crippen molar-refractivity contribution in [1.29, 1.82) is 0 Å². The third kappa shape index (κ3) is 15.4. The van der Waals surface area contributed by atoms with E-state index in [-0.39, 0.29) is 35.9 Å². The lowest BCUT2D eigenvalue weighted by atomic mass is 9.90. The number of piperidine rings is 2. The van der Waals surface area contributed by atoms with Gasteiger partial charge in [-0.05, 0) is 124 Å². The van der Waals surface area contributed by atoms with Gasteiger partial charge in [-0.2, -0.15) is 10.2 Å². The minimum Gasteiger partial charge on any atom is -0.444 e. The van der Waals surface area contributed by atoms with Gasteiger partial charge in [-0.25, -0.2) is 28.9 Å². The summed E-state index contributed by atoms with van der Waals surface area (Å²) >= 11 is 14.5. The van der Waals surface area contributed by atoms with Crippen LogP contribution < -0.4 is 22.2 Å². The van der Waals surface area contributed by atoms with E-state index < -0.39 is 11.2 Å². The number of halogens is 3. The number of nitrogen functional groups attached to an aromatic ring is 1. The average molecular weight is 937 g/mol. The standard InChI is InChI=1S/C20H26ClN5O3.C15H23N3O2.C5H4BrClN2O.CH4/c1-20(2,3)29-19(28)26-9-7-13(8-10-26)14-5-6-17(22-12-14)23-15-11-16(21)24-25(4)18(15)27;1-15(2,3)20-14(19)18-8-6-11(7-9-18)12-4-5-13(16)17-10-12;1-9-5(10)3(6)2-4(7)8-9;/h5-6,11-13H,7-10H2,1-4H3,(H,22,23);4-5,10-11H,6-9H2,1-3H3,(H2,16,17);2H,1H3;1H4. The van der Waals surface area contributed by atoms with Crippen molar-refractivity contribution in [2.75, 3.05) is 37.2 Å². The van der Waals surface area contributed by atoms with E-state index in [9.17, 15) is 19.2 Å². The fourth-order valence-electron chi connectivity index (χ4n) is 6.16. The molecule has 0 aromatic carbocycles. The van der Waals surface area contributed by atoms with Crippen LogP contribution >= 0.6 is 39.1 Å². The predicted octanol–water partition coefficient (Wildman–Crippen LogP) is 8.30. The minimum absolute atomic E-state index is 0. The van der Waals surface area contributed by atoms with Crippen LogP contribution in [-0.2, 0) is 23.6 Å². The zero-order valence-electron chi connectivity index (χ0n) is 34.7. The Morgan fingerprint density at radius 3 is 1.57 bits per heavy atom. The van der Waals surface area contributed by atoms with Crippen molar-refractivity contribution >= 4 is 68.6 Å². The molecule has 0 radical (unpaired) electrons. The fourth-order valence-corrected chi connectivity index (χ4v) is 7.21. The van der Waals surface area contributed by atoms with Crippen LogP contribution in [0.25, 0.3) is 0 Å². The van der Waals surface area contributed by atoms with E-state index in [0.717, 1.165) is 44.3 Å². The molecule has 2 aliphatic heterocycles. The van der Waals surface area contributed by atoms with Crippen molar-refractivity contribution in [3.63, 3.8) is 0 Å². The number of likely N-dealkylation sites (tertiary alicyclic amines) is 2. The van der Waals surface area contributed by atoms with E-state index >= 15 is 0 Å². The molecule has 2 saturated heterocycles. The summed E-state index contributed by atoms with van der Waals surface area (Å²) in [6.45, 7) is 14.0. The number of amides is 2. The topological polar surface area (TPSA) is 193 Å². The summed E-state index contributed by atoms with van der Waals surface area (Å²) < 4.78 is 13.6. The number of anilines is 3. The van der Waals surface area contributed by atoms with Crippen LogP contribution in [0.1, 0.15) is 97.6 Å². The molecule has 6 rings (SSSR count). The number of nitrogens with one attached hydrogen (secondary N) is 1. The lowest BCUT2D eigenvalue weighted by Gasteiger charge is -2.33. The van der Waals surface area contributed by atoms with E-state index in [1.165, 1.54) is 27.1 Å². The zero-order valence-corrected chi connectivity index (χ0v) is 37.8. The zero-order chi connectivity index (χ0) is 43.7. The Labute approximate surface area is 369 Å². The Hall–Kier alpha value is -4.74. The van der Waals surface area contributed by atoms with Crippen LogP contribution in [0, 0.1) is 0 Å². The van der Waals surface area contributed by atoms with Gasteiger partial charge in [0.05, 0.1) is 4.47 Å². The molecule has 0 atom stereocenters. The van der Waals surface area contributed by atoms with Crippen molar-refractivity contribution in [3.05, 3.63) is 95.4 Å². The maximum Gasteiger partial charge on any atom is 0.410 e. The van der Waals surface area contributed by atoms with Crippen molar-refractivity contribution in [2.45, 2.75) is 97.7 Å². The number of rotatable bonds is 4. The molecular formula is C41H57BrCl2N10O6. The Morgan fingerprint density at radius 2 is 1.17 bits per heavy atom. The molecule has 2 amide bonds. The second kappa shape index (κ2) is 21.7. The van der Waals surface area contributed by atoms with Crippen molar-refractivity contribution in [2.24, 2.45) is 14.1 Å². The highest BCUT2D eigenvalue weighted by atomic mass is 79.9. The van der Waals surface area contributed by atoms with Gasteiger partial charge >= 0.3 is 12.2 Å². The van der Waals surface area contributed by atoms with E-state index in [2.05, 4.69) is 41.4 Å². The maximum atomic E-state index is 12.2. The molecule has 4 aromatic heterocycles. The van der Waals surface area contributed by atoms with Crippen LogP contribution in [0.5, 0.6) is 0 Å². The molecule has 0 bridgehead atoms. The first-order valence-electron chi connectivity index (χ1n) is 19.1. The van der Waals surface area contributed by atoms with Gasteiger partial charge < -0.3 is 30.3 Å². The summed E-state index contributed by atoms with van der Waals surface area (Å²) in [6.07, 6.45) is 6.75. The summed E-state index contributed by atoms with van der Waals surface area (Å²) in [5, 5.41) is 11.0. The third-order valence-electron chi connectivity index (χ3n) is 9.12. The molecule has 0 unspecified atom stereocenters. The normalized spacial score (nSPS) is 14.7. The van der Waals surface area contributed by atoms with Crippen LogP contribution in [0.15, 0.2) is 62.9 Å². The Bertz CT molecular complexity index is 2130. The minimum atomic E-state index is -0.485. The van der Waals surface area contributed by atoms with Gasteiger partial charge in [-0.1, -0.05) is 42.8 Å². The Kier molecular flexibility index (Phi) is 17.9. The molecule has 3 N–H and O–H groups in total. The van der Waals surface area contributed by atoms with Gasteiger partial charge in [0.1, 0.15) is 28.5 Å². The Morgan fingerprint density at radius 1 is 0.733 bits per heavy atom. The smallest absolute Gasteiger partial charge is 0.410 e. The molecule has 6 heterocycles. The molecule has 0 saturated carbocycles. The summed E-state index contributed by atoms with van der Waals surface area (Å²) in [5.41, 5.74) is 6.83. The summed E-state index contributed by atoms with van der Waals surface area (Å²) in [6, 6.07) is 10.6. The molecule has 0 spiro atoms. The number of hydrogen-bond acceptors (Lipinski definition) is 12. The van der Waals surface area contributed by atoms with Gasteiger partial charge in [-0.15, -0.1) is 0 Å². The van der Waals surface area contributed by atoms with Crippen LogP contribution in [0.3, 0.4) is 0 Å². The van der Waals surface area contributed by atoms with Crippen molar-refractivity contribution in [1.82, 2.24) is 39.3 Å². The number of carbonyl (C=O) groups excluding carboxylic acids is 2. The molecule has 19 heteroatoms. The van der Waals surface area contributed by atoms with Crippen LogP contribution in [0.2, 0.25) is 10.3 Å². The number of pyridine rings is 2. The highest BCUT2D eigenvalue weighted by molar-refractivity contribution is 9.10. The highest BCUT2D eigenvalue weighted by Gasteiger charge is 2.29. The van der Waals surface area contributed by atoms with Crippen LogP contribution in [0.4, 0.5) is 26.9 Å². The first-order chi connectivity index (χ1) is 27.6. The van der Waals surface area contributed by atoms with E-state index in [1.807, 2.05) is 78.2 Å². The number of carbonyl (C=O) groups is 2. The number of aryl methyl sites for hydroxylation is 2. The predicted molar refractivity (Wildman–Crippen MR) is 239 cm³/mol. The quantitative estimate of drug-likeness (QED) is 0.199. The van der Waals surface area contributed by atoms with Crippen molar-refractivity contribution < 1.29 is 19.1 Å². The van der Waals surface area contributed by atoms with E-state index in [4.69, 9.17) is 38.4 Å². The summed E-state index contributed by atoms with van der Waals surface area (Å²) in [7, 11) is 3.08. The number of nitrogens with two attached hydrogens (primary N) is 1.